The largest absolute Gasteiger partial charge is 0.433 e. The summed E-state index contributed by atoms with van der Waals surface area (Å²) < 4.78 is 42.2. The number of anilines is 1. The molecule has 0 saturated carbocycles. The fourth-order valence-corrected chi connectivity index (χ4v) is 1.78. The first-order valence-corrected chi connectivity index (χ1v) is 6.15. The zero-order valence-corrected chi connectivity index (χ0v) is 11.0. The molecule has 0 fully saturated rings. The molecule has 2 aromatic carbocycles. The molecule has 0 aliphatic carbocycles. The summed E-state index contributed by atoms with van der Waals surface area (Å²) in [6.45, 7) is -2.64. The average Bonchev–Trinajstić information content (AvgIpc) is 2.41. The van der Waals surface area contributed by atoms with Crippen LogP contribution in [0.3, 0.4) is 0 Å². The van der Waals surface area contributed by atoms with Crippen molar-refractivity contribution in [2.24, 2.45) is 0 Å². The summed E-state index contributed by atoms with van der Waals surface area (Å²) >= 11 is 5.58. The predicted molar refractivity (Wildman–Crippen MR) is 71.8 cm³/mol. The van der Waals surface area contributed by atoms with Crippen molar-refractivity contribution >= 4 is 17.3 Å². The molecule has 0 aliphatic rings. The van der Waals surface area contributed by atoms with Gasteiger partial charge in [0.15, 0.2) is 0 Å². The number of ether oxygens (including phenoxy) is 1. The van der Waals surface area contributed by atoms with E-state index in [0.29, 0.717) is 11.3 Å². The van der Waals surface area contributed by atoms with Gasteiger partial charge in [0.2, 0.25) is 0 Å². The predicted octanol–water partition coefficient (Wildman–Crippen LogP) is 4.69. The van der Waals surface area contributed by atoms with E-state index in [9.17, 15) is 13.2 Å². The lowest BCUT2D eigenvalue weighted by Gasteiger charge is -2.12. The summed E-state index contributed by atoms with van der Waals surface area (Å²) in [5.41, 5.74) is 1.04. The van der Waals surface area contributed by atoms with E-state index in [1.165, 1.54) is 18.2 Å². The maximum Gasteiger partial charge on any atom is 0.387 e. The minimum absolute atomic E-state index is 0.0372. The molecule has 6 heteroatoms. The van der Waals surface area contributed by atoms with Crippen molar-refractivity contribution < 1.29 is 17.9 Å². The van der Waals surface area contributed by atoms with Gasteiger partial charge in [0.25, 0.3) is 0 Å². The number of alkyl halides is 2. The van der Waals surface area contributed by atoms with Crippen LogP contribution < -0.4 is 10.1 Å². The van der Waals surface area contributed by atoms with Crippen LogP contribution in [0.2, 0.25) is 5.02 Å². The van der Waals surface area contributed by atoms with Crippen molar-refractivity contribution in [1.82, 2.24) is 0 Å². The quantitative estimate of drug-likeness (QED) is 0.865. The molecule has 20 heavy (non-hydrogen) atoms. The number of hydrogen-bond donors (Lipinski definition) is 1. The van der Waals surface area contributed by atoms with Crippen molar-refractivity contribution in [3.63, 3.8) is 0 Å². The van der Waals surface area contributed by atoms with Gasteiger partial charge >= 0.3 is 6.61 Å². The Balaban J connectivity index is 2.08. The summed E-state index contributed by atoms with van der Waals surface area (Å²) in [6.07, 6.45) is 0. The second-order valence-electron chi connectivity index (χ2n) is 3.98. The van der Waals surface area contributed by atoms with Gasteiger partial charge in [0.05, 0.1) is 10.7 Å². The van der Waals surface area contributed by atoms with Crippen LogP contribution in [-0.2, 0) is 6.54 Å². The van der Waals surface area contributed by atoms with Crippen LogP contribution in [0.4, 0.5) is 18.9 Å². The Morgan fingerprint density at radius 2 is 1.90 bits per heavy atom. The van der Waals surface area contributed by atoms with Crippen LogP contribution in [0, 0.1) is 5.82 Å². The monoisotopic (exact) mass is 301 g/mol. The molecule has 0 unspecified atom stereocenters. The molecule has 0 amide bonds. The Hall–Kier alpha value is -1.88. The van der Waals surface area contributed by atoms with E-state index < -0.39 is 12.4 Å². The van der Waals surface area contributed by atoms with Gasteiger partial charge in [0.1, 0.15) is 11.6 Å². The Labute approximate surface area is 119 Å². The molecule has 0 aliphatic heterocycles. The first kappa shape index (κ1) is 14.5. The molecule has 0 bridgehead atoms. The van der Waals surface area contributed by atoms with Crippen molar-refractivity contribution in [1.29, 1.82) is 0 Å². The zero-order chi connectivity index (χ0) is 14.5. The van der Waals surface area contributed by atoms with Crippen LogP contribution in [0.1, 0.15) is 5.56 Å². The second kappa shape index (κ2) is 6.52. The van der Waals surface area contributed by atoms with Crippen molar-refractivity contribution in [2.45, 2.75) is 13.2 Å². The lowest BCUT2D eigenvalue weighted by atomic mass is 10.2. The van der Waals surface area contributed by atoms with E-state index >= 15 is 0 Å². The van der Waals surface area contributed by atoms with Gasteiger partial charge in [-0.15, -0.1) is 0 Å². The summed E-state index contributed by atoms with van der Waals surface area (Å²) in [7, 11) is 0. The molecular formula is C14H11ClF3NO. The molecule has 2 rings (SSSR count). The molecule has 0 saturated heterocycles. The van der Waals surface area contributed by atoms with E-state index in [2.05, 4.69) is 10.1 Å². The summed E-state index contributed by atoms with van der Waals surface area (Å²) in [5.74, 6) is -0.486. The molecule has 0 atom stereocenters. The minimum Gasteiger partial charge on any atom is -0.433 e. The Bertz CT molecular complexity index is 592. The minimum atomic E-state index is -2.90. The van der Waals surface area contributed by atoms with E-state index in [4.69, 9.17) is 11.6 Å². The first-order chi connectivity index (χ1) is 9.56. The van der Waals surface area contributed by atoms with Gasteiger partial charge in [-0.3, -0.25) is 0 Å². The van der Waals surface area contributed by atoms with Gasteiger partial charge in [-0.05, 0) is 29.8 Å². The van der Waals surface area contributed by atoms with Gasteiger partial charge < -0.3 is 10.1 Å². The van der Waals surface area contributed by atoms with E-state index in [-0.39, 0.29) is 17.3 Å². The molecular weight excluding hydrogens is 291 g/mol. The van der Waals surface area contributed by atoms with Gasteiger partial charge in [-0.2, -0.15) is 8.78 Å². The van der Waals surface area contributed by atoms with Gasteiger partial charge in [-0.1, -0.05) is 29.8 Å². The number of rotatable bonds is 5. The molecule has 0 spiro atoms. The van der Waals surface area contributed by atoms with Gasteiger partial charge in [0, 0.05) is 6.54 Å². The van der Waals surface area contributed by atoms with Gasteiger partial charge in [-0.25, -0.2) is 4.39 Å². The van der Waals surface area contributed by atoms with Crippen LogP contribution in [0.15, 0.2) is 42.5 Å². The molecule has 1 N–H and O–H groups in total. The third-order valence-corrected chi connectivity index (χ3v) is 2.88. The standard InChI is InChI=1S/C14H11ClF3NO/c15-10-6-5-9(7-11(10)16)8-19-12-3-1-2-4-13(12)20-14(17)18/h1-7,14,19H,8H2. The SMILES string of the molecule is Fc1cc(CNc2ccccc2OC(F)F)ccc1Cl. The number of halogens is 4. The van der Waals surface area contributed by atoms with Crippen molar-refractivity contribution in [2.75, 3.05) is 5.32 Å². The second-order valence-corrected chi connectivity index (χ2v) is 4.38. The average molecular weight is 302 g/mol. The highest BCUT2D eigenvalue weighted by Crippen LogP contribution is 2.26. The smallest absolute Gasteiger partial charge is 0.387 e. The Morgan fingerprint density at radius 1 is 1.15 bits per heavy atom. The van der Waals surface area contributed by atoms with Crippen molar-refractivity contribution in [3.8, 4) is 5.75 Å². The lowest BCUT2D eigenvalue weighted by Crippen LogP contribution is -2.06. The van der Waals surface area contributed by atoms with E-state index in [1.54, 1.807) is 24.3 Å². The number of hydrogen-bond acceptors (Lipinski definition) is 2. The molecule has 0 radical (unpaired) electrons. The van der Waals surface area contributed by atoms with E-state index in [1.807, 2.05) is 0 Å². The normalized spacial score (nSPS) is 10.7. The highest BCUT2D eigenvalue weighted by Gasteiger charge is 2.09. The maximum atomic E-state index is 13.3. The molecule has 2 nitrogen and oxygen atoms in total. The molecule has 2 aromatic rings. The fourth-order valence-electron chi connectivity index (χ4n) is 1.66. The molecule has 0 aromatic heterocycles. The fraction of sp³-hybridized carbons (Fsp3) is 0.143. The topological polar surface area (TPSA) is 21.3 Å². The molecule has 0 heterocycles. The maximum absolute atomic E-state index is 13.3. The summed E-state index contributed by atoms with van der Waals surface area (Å²) in [4.78, 5) is 0. The third-order valence-electron chi connectivity index (χ3n) is 2.57. The summed E-state index contributed by atoms with van der Waals surface area (Å²) in [5, 5.41) is 2.95. The lowest BCUT2D eigenvalue weighted by molar-refractivity contribution is -0.0493. The number of benzene rings is 2. The zero-order valence-electron chi connectivity index (χ0n) is 10.2. The van der Waals surface area contributed by atoms with Crippen molar-refractivity contribution in [3.05, 3.63) is 58.9 Å². The Kier molecular flexibility index (Phi) is 4.74. The summed E-state index contributed by atoms with van der Waals surface area (Å²) in [6, 6.07) is 10.7. The van der Waals surface area contributed by atoms with Crippen LogP contribution >= 0.6 is 11.6 Å². The number of para-hydroxylation sites is 2. The van der Waals surface area contributed by atoms with E-state index in [0.717, 1.165) is 0 Å². The number of nitrogens with one attached hydrogen (secondary N) is 1. The van der Waals surface area contributed by atoms with Crippen LogP contribution in [0.25, 0.3) is 0 Å². The Morgan fingerprint density at radius 3 is 2.60 bits per heavy atom. The first-order valence-electron chi connectivity index (χ1n) is 5.78. The highest BCUT2D eigenvalue weighted by molar-refractivity contribution is 6.30. The van der Waals surface area contributed by atoms with Crippen LogP contribution in [0.5, 0.6) is 5.75 Å². The third kappa shape index (κ3) is 3.81. The van der Waals surface area contributed by atoms with Crippen LogP contribution in [-0.4, -0.2) is 6.61 Å². The highest BCUT2D eigenvalue weighted by atomic mass is 35.5. The molecule has 106 valence electrons.